The summed E-state index contributed by atoms with van der Waals surface area (Å²) < 4.78 is 27.8. The molecule has 0 bridgehead atoms. The molecule has 0 aliphatic carbocycles. The van der Waals surface area contributed by atoms with Crippen LogP contribution in [0.15, 0.2) is 66.2 Å². The van der Waals surface area contributed by atoms with Gasteiger partial charge in [0.1, 0.15) is 12.4 Å². The van der Waals surface area contributed by atoms with Gasteiger partial charge in [0.05, 0.1) is 6.42 Å². The standard InChI is InChI=1S/C27H20N2O7/c30-25-12-27(17-9-16-3-1-2-4-20(16)32-13-17,29(25)19-6-8-22-24(11-19)36-15-34-22)26(31)28-18-5-7-21-23(10-18)35-14-33-21/h1-11H,12-15H2,(H,28,31). The molecule has 3 aromatic carbocycles. The molecule has 36 heavy (non-hydrogen) atoms. The number of nitrogens with one attached hydrogen (secondary N) is 1. The summed E-state index contributed by atoms with van der Waals surface area (Å²) in [5.41, 5.74) is 1.30. The van der Waals surface area contributed by atoms with Gasteiger partial charge in [-0.1, -0.05) is 18.2 Å². The minimum Gasteiger partial charge on any atom is -0.489 e. The fraction of sp³-hybridized carbons (Fsp3) is 0.185. The van der Waals surface area contributed by atoms with Crippen molar-refractivity contribution in [2.24, 2.45) is 0 Å². The normalized spacial score (nSPS) is 20.7. The van der Waals surface area contributed by atoms with E-state index < -0.39 is 5.54 Å². The first-order chi connectivity index (χ1) is 17.6. The number of ether oxygens (including phenoxy) is 5. The summed E-state index contributed by atoms with van der Waals surface area (Å²) in [4.78, 5) is 28.7. The number of amides is 2. The molecule has 9 heteroatoms. The van der Waals surface area contributed by atoms with Crippen molar-refractivity contribution in [2.75, 3.05) is 30.4 Å². The van der Waals surface area contributed by atoms with Gasteiger partial charge in [0, 0.05) is 34.6 Å². The largest absolute Gasteiger partial charge is 0.489 e. The molecule has 2 amide bonds. The van der Waals surface area contributed by atoms with Gasteiger partial charge in [0.15, 0.2) is 28.5 Å². The Hall–Kier alpha value is -4.66. The molecule has 1 N–H and O–H groups in total. The van der Waals surface area contributed by atoms with Crippen molar-refractivity contribution < 1.29 is 33.3 Å². The second-order valence-electron chi connectivity index (χ2n) is 8.82. The molecule has 0 saturated carbocycles. The Labute approximate surface area is 205 Å². The number of rotatable bonds is 4. The molecular formula is C27H20N2O7. The molecule has 1 saturated heterocycles. The van der Waals surface area contributed by atoms with Crippen molar-refractivity contribution in [1.29, 1.82) is 0 Å². The van der Waals surface area contributed by atoms with Crippen LogP contribution >= 0.6 is 0 Å². The molecule has 4 heterocycles. The topological polar surface area (TPSA) is 95.6 Å². The Kier molecular flexibility index (Phi) is 4.41. The van der Waals surface area contributed by atoms with Crippen LogP contribution in [0.5, 0.6) is 28.7 Å². The Morgan fingerprint density at radius 2 is 1.53 bits per heavy atom. The van der Waals surface area contributed by atoms with Gasteiger partial charge in [-0.2, -0.15) is 0 Å². The van der Waals surface area contributed by atoms with Gasteiger partial charge in [0.25, 0.3) is 5.91 Å². The van der Waals surface area contributed by atoms with Gasteiger partial charge in [-0.3, -0.25) is 14.5 Å². The first-order valence-corrected chi connectivity index (χ1v) is 11.5. The number of β-lactam (4-membered cyclic amide) rings is 1. The third kappa shape index (κ3) is 3.02. The maximum atomic E-state index is 14.1. The quantitative estimate of drug-likeness (QED) is 0.564. The van der Waals surface area contributed by atoms with Crippen LogP contribution in [0.2, 0.25) is 0 Å². The summed E-state index contributed by atoms with van der Waals surface area (Å²) in [7, 11) is 0. The Morgan fingerprint density at radius 3 is 2.33 bits per heavy atom. The number of carbonyl (C=O) groups excluding carboxylic acids is 2. The van der Waals surface area contributed by atoms with Gasteiger partial charge in [-0.25, -0.2) is 0 Å². The molecular weight excluding hydrogens is 464 g/mol. The summed E-state index contributed by atoms with van der Waals surface area (Å²) in [6.45, 7) is 0.408. The van der Waals surface area contributed by atoms with E-state index in [-0.39, 0.29) is 38.4 Å². The molecule has 180 valence electrons. The first kappa shape index (κ1) is 20.7. The zero-order valence-electron chi connectivity index (χ0n) is 19.0. The van der Waals surface area contributed by atoms with Gasteiger partial charge in [-0.05, 0) is 36.4 Å². The monoisotopic (exact) mass is 484 g/mol. The van der Waals surface area contributed by atoms with Gasteiger partial charge < -0.3 is 29.0 Å². The van der Waals surface area contributed by atoms with Gasteiger partial charge >= 0.3 is 0 Å². The second kappa shape index (κ2) is 7.67. The highest BCUT2D eigenvalue weighted by Gasteiger charge is 2.60. The predicted molar refractivity (Wildman–Crippen MR) is 129 cm³/mol. The summed E-state index contributed by atoms with van der Waals surface area (Å²) in [6, 6.07) is 18.0. The molecule has 0 aromatic heterocycles. The van der Waals surface area contributed by atoms with Crippen LogP contribution in [0.4, 0.5) is 11.4 Å². The third-order valence-electron chi connectivity index (χ3n) is 6.82. The summed E-state index contributed by atoms with van der Waals surface area (Å²) in [5, 5.41) is 2.99. The average molecular weight is 484 g/mol. The van der Waals surface area contributed by atoms with E-state index in [1.165, 1.54) is 4.90 Å². The van der Waals surface area contributed by atoms with Crippen LogP contribution in [-0.2, 0) is 9.59 Å². The number of benzene rings is 3. The molecule has 7 rings (SSSR count). The molecule has 4 aliphatic heterocycles. The molecule has 1 unspecified atom stereocenters. The number of nitrogens with zero attached hydrogens (tertiary/aromatic N) is 1. The van der Waals surface area contributed by atoms with Crippen LogP contribution in [0, 0.1) is 0 Å². The van der Waals surface area contributed by atoms with Crippen molar-refractivity contribution in [2.45, 2.75) is 12.0 Å². The van der Waals surface area contributed by atoms with E-state index in [9.17, 15) is 9.59 Å². The van der Waals surface area contributed by atoms with Crippen LogP contribution in [0.25, 0.3) is 6.08 Å². The van der Waals surface area contributed by atoms with Crippen LogP contribution < -0.4 is 33.9 Å². The third-order valence-corrected chi connectivity index (χ3v) is 6.82. The fourth-order valence-corrected chi connectivity index (χ4v) is 5.04. The maximum absolute atomic E-state index is 14.1. The van der Waals surface area contributed by atoms with E-state index in [2.05, 4.69) is 5.32 Å². The van der Waals surface area contributed by atoms with E-state index >= 15 is 0 Å². The highest BCUT2D eigenvalue weighted by Crippen LogP contribution is 2.48. The number of hydrogen-bond donors (Lipinski definition) is 1. The van der Waals surface area contributed by atoms with E-state index in [0.717, 1.165) is 11.3 Å². The Bertz CT molecular complexity index is 1470. The number of fused-ring (bicyclic) bond motifs is 3. The van der Waals surface area contributed by atoms with Crippen molar-refractivity contribution >= 4 is 29.3 Å². The molecule has 1 fully saturated rings. The summed E-state index contributed by atoms with van der Waals surface area (Å²) in [5.74, 6) is 2.47. The lowest BCUT2D eigenvalue weighted by atomic mass is 9.74. The number of para-hydroxylation sites is 1. The molecule has 4 aliphatic rings. The lowest BCUT2D eigenvalue weighted by Gasteiger charge is -2.52. The summed E-state index contributed by atoms with van der Waals surface area (Å²) in [6.07, 6.45) is 1.93. The van der Waals surface area contributed by atoms with E-state index in [0.29, 0.717) is 39.9 Å². The minimum absolute atomic E-state index is 0.00477. The van der Waals surface area contributed by atoms with Crippen LogP contribution in [0.3, 0.4) is 0 Å². The molecule has 0 spiro atoms. The lowest BCUT2D eigenvalue weighted by molar-refractivity contribution is -0.135. The smallest absolute Gasteiger partial charge is 0.255 e. The Balaban J connectivity index is 1.32. The Morgan fingerprint density at radius 1 is 0.806 bits per heavy atom. The average Bonchev–Trinajstić information content (AvgIpc) is 3.55. The highest BCUT2D eigenvalue weighted by atomic mass is 16.7. The van der Waals surface area contributed by atoms with Crippen molar-refractivity contribution in [3.8, 4) is 28.7 Å². The van der Waals surface area contributed by atoms with E-state index in [1.54, 1.807) is 36.4 Å². The predicted octanol–water partition coefficient (Wildman–Crippen LogP) is 3.73. The van der Waals surface area contributed by atoms with Crippen molar-refractivity contribution in [1.82, 2.24) is 0 Å². The minimum atomic E-state index is -1.30. The lowest BCUT2D eigenvalue weighted by Crippen LogP contribution is -2.71. The fourth-order valence-electron chi connectivity index (χ4n) is 5.04. The summed E-state index contributed by atoms with van der Waals surface area (Å²) >= 11 is 0. The van der Waals surface area contributed by atoms with Gasteiger partial charge in [-0.15, -0.1) is 0 Å². The van der Waals surface area contributed by atoms with Crippen molar-refractivity contribution in [3.63, 3.8) is 0 Å². The van der Waals surface area contributed by atoms with Crippen LogP contribution in [0.1, 0.15) is 12.0 Å². The van der Waals surface area contributed by atoms with E-state index in [1.807, 2.05) is 30.3 Å². The zero-order chi connectivity index (χ0) is 24.3. The number of carbonyl (C=O) groups is 2. The van der Waals surface area contributed by atoms with Crippen LogP contribution in [-0.4, -0.2) is 37.5 Å². The SMILES string of the molecule is O=C1CC(C(=O)Nc2ccc3c(c2)OCO3)(C2=Cc3ccccc3OC2)N1c1ccc2c(c1)OCO2. The molecule has 0 radical (unpaired) electrons. The number of hydrogen-bond acceptors (Lipinski definition) is 7. The highest BCUT2D eigenvalue weighted by molar-refractivity contribution is 6.19. The zero-order valence-corrected chi connectivity index (χ0v) is 19.0. The molecule has 9 nitrogen and oxygen atoms in total. The maximum Gasteiger partial charge on any atom is 0.255 e. The van der Waals surface area contributed by atoms with Crippen molar-refractivity contribution in [3.05, 3.63) is 71.8 Å². The van der Waals surface area contributed by atoms with Gasteiger partial charge in [0.2, 0.25) is 19.5 Å². The number of anilines is 2. The first-order valence-electron chi connectivity index (χ1n) is 11.5. The second-order valence-corrected chi connectivity index (χ2v) is 8.82. The van der Waals surface area contributed by atoms with E-state index in [4.69, 9.17) is 23.7 Å². The molecule has 1 atom stereocenters. The molecule has 3 aromatic rings.